The predicted molar refractivity (Wildman–Crippen MR) is 61.7 cm³/mol. The molecular weight excluding hydrogens is 188 g/mol. The minimum Gasteiger partial charge on any atom is -0.360 e. The van der Waals surface area contributed by atoms with Gasteiger partial charge in [0.2, 0.25) is 0 Å². The molecule has 0 spiro atoms. The van der Waals surface area contributed by atoms with Crippen LogP contribution >= 0.6 is 0 Å². The molecule has 0 aromatic heterocycles. The molecule has 1 heterocycles. The lowest BCUT2D eigenvalue weighted by atomic mass is 9.88. The first kappa shape index (κ1) is 10.9. The van der Waals surface area contributed by atoms with Crippen molar-refractivity contribution in [1.29, 1.82) is 0 Å². The topological polar surface area (TPSA) is 33.3 Å². The van der Waals surface area contributed by atoms with Crippen molar-refractivity contribution in [3.8, 4) is 0 Å². The summed E-state index contributed by atoms with van der Waals surface area (Å²) in [7, 11) is 0. The van der Waals surface area contributed by atoms with Gasteiger partial charge in [0, 0.05) is 18.6 Å². The average Bonchev–Trinajstić information content (AvgIpc) is 2.81. The first-order chi connectivity index (χ1) is 7.35. The summed E-state index contributed by atoms with van der Waals surface area (Å²) in [5.74, 6) is 0. The molecule has 84 valence electrons. The van der Waals surface area contributed by atoms with Crippen LogP contribution in [0.15, 0.2) is 24.3 Å². The van der Waals surface area contributed by atoms with Crippen LogP contribution in [-0.4, -0.2) is 31.5 Å². The molecule has 2 N–H and O–H groups in total. The standard InChI is InChI=1S/C12H20N2O/c1-2-12(6-4-3-5-7-12)14-9-11-8-13-10-15-11/h3-6,11,13-14H,2,7-10H2,1H3/t11-,12-/m1/s1. The monoisotopic (exact) mass is 208 g/mol. The van der Waals surface area contributed by atoms with Crippen LogP contribution in [0.1, 0.15) is 19.8 Å². The molecule has 0 unspecified atom stereocenters. The minimum absolute atomic E-state index is 0.153. The Hall–Kier alpha value is -0.640. The lowest BCUT2D eigenvalue weighted by Crippen LogP contribution is -2.47. The van der Waals surface area contributed by atoms with Gasteiger partial charge in [-0.25, -0.2) is 0 Å². The highest BCUT2D eigenvalue weighted by atomic mass is 16.5. The first-order valence-corrected chi connectivity index (χ1v) is 5.76. The highest BCUT2D eigenvalue weighted by Crippen LogP contribution is 2.21. The highest BCUT2D eigenvalue weighted by Gasteiger charge is 2.26. The van der Waals surface area contributed by atoms with Crippen molar-refractivity contribution in [2.75, 3.05) is 19.8 Å². The fourth-order valence-corrected chi connectivity index (χ4v) is 2.09. The van der Waals surface area contributed by atoms with E-state index in [2.05, 4.69) is 41.9 Å². The normalized spacial score (nSPS) is 34.9. The lowest BCUT2D eigenvalue weighted by molar-refractivity contribution is 0.106. The summed E-state index contributed by atoms with van der Waals surface area (Å²) in [5, 5.41) is 6.82. The Morgan fingerprint density at radius 3 is 3.07 bits per heavy atom. The van der Waals surface area contributed by atoms with Gasteiger partial charge in [-0.05, 0) is 12.8 Å². The van der Waals surface area contributed by atoms with Gasteiger partial charge >= 0.3 is 0 Å². The molecule has 0 saturated carbocycles. The molecular formula is C12H20N2O. The molecule has 2 atom stereocenters. The SMILES string of the molecule is CC[C@@]1(NC[C@H]2CNCO2)C=CC=CC1. The summed E-state index contributed by atoms with van der Waals surface area (Å²) < 4.78 is 5.52. The molecule has 1 saturated heterocycles. The van der Waals surface area contributed by atoms with Crippen LogP contribution in [0.25, 0.3) is 0 Å². The molecule has 0 aromatic carbocycles. The Labute approximate surface area is 91.6 Å². The second-order valence-corrected chi connectivity index (χ2v) is 4.27. The van der Waals surface area contributed by atoms with E-state index in [1.807, 2.05) is 0 Å². The Balaban J connectivity index is 1.84. The summed E-state index contributed by atoms with van der Waals surface area (Å²) in [6.45, 7) is 4.82. The van der Waals surface area contributed by atoms with Crippen molar-refractivity contribution in [2.45, 2.75) is 31.4 Å². The number of allylic oxidation sites excluding steroid dienone is 2. The van der Waals surface area contributed by atoms with Crippen LogP contribution < -0.4 is 10.6 Å². The quantitative estimate of drug-likeness (QED) is 0.728. The maximum Gasteiger partial charge on any atom is 0.0971 e. The third kappa shape index (κ3) is 2.68. The second kappa shape index (κ2) is 4.92. The Morgan fingerprint density at radius 1 is 1.53 bits per heavy atom. The van der Waals surface area contributed by atoms with Crippen molar-refractivity contribution < 1.29 is 4.74 Å². The van der Waals surface area contributed by atoms with Gasteiger partial charge in [0.1, 0.15) is 0 Å². The molecule has 1 fully saturated rings. The van der Waals surface area contributed by atoms with Crippen molar-refractivity contribution >= 4 is 0 Å². The Bertz CT molecular complexity index is 256. The maximum atomic E-state index is 5.52. The van der Waals surface area contributed by atoms with Crippen molar-refractivity contribution in [3.63, 3.8) is 0 Å². The van der Waals surface area contributed by atoms with E-state index in [4.69, 9.17) is 4.74 Å². The molecule has 0 amide bonds. The molecule has 1 aliphatic carbocycles. The van der Waals surface area contributed by atoms with Gasteiger partial charge in [0.15, 0.2) is 0 Å². The minimum atomic E-state index is 0.153. The highest BCUT2D eigenvalue weighted by molar-refractivity contribution is 5.20. The molecule has 1 aliphatic heterocycles. The number of hydrogen-bond donors (Lipinski definition) is 2. The van der Waals surface area contributed by atoms with E-state index in [-0.39, 0.29) is 5.54 Å². The second-order valence-electron chi connectivity index (χ2n) is 4.27. The van der Waals surface area contributed by atoms with Gasteiger partial charge in [-0.1, -0.05) is 31.2 Å². The maximum absolute atomic E-state index is 5.52. The smallest absolute Gasteiger partial charge is 0.0971 e. The van der Waals surface area contributed by atoms with E-state index in [9.17, 15) is 0 Å². The zero-order chi connectivity index (χ0) is 10.6. The van der Waals surface area contributed by atoms with Crippen LogP contribution in [0, 0.1) is 0 Å². The molecule has 0 aromatic rings. The molecule has 0 bridgehead atoms. The van der Waals surface area contributed by atoms with Crippen LogP contribution in [-0.2, 0) is 4.74 Å². The van der Waals surface area contributed by atoms with Crippen LogP contribution in [0.3, 0.4) is 0 Å². The number of hydrogen-bond acceptors (Lipinski definition) is 3. The zero-order valence-corrected chi connectivity index (χ0v) is 9.33. The van der Waals surface area contributed by atoms with Gasteiger partial charge in [-0.3, -0.25) is 5.32 Å². The predicted octanol–water partition coefficient (Wildman–Crippen LogP) is 1.19. The third-order valence-corrected chi connectivity index (χ3v) is 3.25. The van der Waals surface area contributed by atoms with E-state index in [1.165, 1.54) is 0 Å². The van der Waals surface area contributed by atoms with Gasteiger partial charge in [0.05, 0.1) is 12.8 Å². The molecule has 3 nitrogen and oxygen atoms in total. The van der Waals surface area contributed by atoms with Crippen LogP contribution in [0.5, 0.6) is 0 Å². The lowest BCUT2D eigenvalue weighted by Gasteiger charge is -2.32. The Kier molecular flexibility index (Phi) is 3.57. The van der Waals surface area contributed by atoms with Crippen LogP contribution in [0.2, 0.25) is 0 Å². The van der Waals surface area contributed by atoms with Gasteiger partial charge in [0.25, 0.3) is 0 Å². The molecule has 0 radical (unpaired) electrons. The van der Waals surface area contributed by atoms with E-state index in [0.717, 1.165) is 25.9 Å². The Morgan fingerprint density at radius 2 is 2.47 bits per heavy atom. The summed E-state index contributed by atoms with van der Waals surface area (Å²) in [4.78, 5) is 0. The molecule has 2 aliphatic rings. The summed E-state index contributed by atoms with van der Waals surface area (Å²) in [6.07, 6.45) is 11.3. The third-order valence-electron chi connectivity index (χ3n) is 3.25. The van der Waals surface area contributed by atoms with Gasteiger partial charge in [-0.15, -0.1) is 0 Å². The number of nitrogens with one attached hydrogen (secondary N) is 2. The summed E-state index contributed by atoms with van der Waals surface area (Å²) in [6, 6.07) is 0. The van der Waals surface area contributed by atoms with Crippen LogP contribution in [0.4, 0.5) is 0 Å². The van der Waals surface area contributed by atoms with E-state index in [0.29, 0.717) is 12.8 Å². The van der Waals surface area contributed by atoms with E-state index in [1.54, 1.807) is 0 Å². The van der Waals surface area contributed by atoms with E-state index >= 15 is 0 Å². The number of ether oxygens (including phenoxy) is 1. The van der Waals surface area contributed by atoms with Crippen molar-refractivity contribution in [1.82, 2.24) is 10.6 Å². The number of rotatable bonds is 4. The first-order valence-electron chi connectivity index (χ1n) is 5.76. The largest absolute Gasteiger partial charge is 0.360 e. The van der Waals surface area contributed by atoms with Crippen molar-refractivity contribution in [3.05, 3.63) is 24.3 Å². The molecule has 3 heteroatoms. The zero-order valence-electron chi connectivity index (χ0n) is 9.33. The molecule has 2 rings (SSSR count). The summed E-state index contributed by atoms with van der Waals surface area (Å²) >= 11 is 0. The fourth-order valence-electron chi connectivity index (χ4n) is 2.09. The summed E-state index contributed by atoms with van der Waals surface area (Å²) in [5.41, 5.74) is 0.153. The van der Waals surface area contributed by atoms with Gasteiger partial charge in [-0.2, -0.15) is 0 Å². The molecule has 15 heavy (non-hydrogen) atoms. The fraction of sp³-hybridized carbons (Fsp3) is 0.667. The average molecular weight is 208 g/mol. The van der Waals surface area contributed by atoms with Crippen molar-refractivity contribution in [2.24, 2.45) is 0 Å². The van der Waals surface area contributed by atoms with E-state index < -0.39 is 0 Å². The van der Waals surface area contributed by atoms with Gasteiger partial charge < -0.3 is 10.1 Å².